The Balaban J connectivity index is 0.00000289. The van der Waals surface area contributed by atoms with Gasteiger partial charge < -0.3 is 15.0 Å². The summed E-state index contributed by atoms with van der Waals surface area (Å²) >= 11 is 0. The van der Waals surface area contributed by atoms with Crippen LogP contribution in [0.5, 0.6) is 0 Å². The van der Waals surface area contributed by atoms with E-state index in [9.17, 15) is 0 Å². The Hall–Kier alpha value is -4.01. The number of hydrogen-bond acceptors (Lipinski definition) is 2. The molecule has 1 aliphatic heterocycles. The van der Waals surface area contributed by atoms with E-state index in [1.807, 2.05) is 17.3 Å². The number of pyridine rings is 1. The van der Waals surface area contributed by atoms with E-state index in [2.05, 4.69) is 134 Å². The van der Waals surface area contributed by atoms with Crippen LogP contribution in [0.25, 0.3) is 32.9 Å². The molecule has 0 radical (unpaired) electrons. The van der Waals surface area contributed by atoms with Gasteiger partial charge in [0.05, 0.1) is 5.69 Å². The Morgan fingerprint density at radius 2 is 1.55 bits per heavy atom. The summed E-state index contributed by atoms with van der Waals surface area (Å²) in [5.41, 5.74) is 13.2. The molecule has 200 valence electrons. The molecule has 4 aromatic carbocycles. The molecule has 3 heterocycles. The number of para-hydroxylation sites is 1. The van der Waals surface area contributed by atoms with Crippen LogP contribution >= 0.6 is 0 Å². The summed E-state index contributed by atoms with van der Waals surface area (Å²) in [5.74, 6) is -0.0312. The van der Waals surface area contributed by atoms with Gasteiger partial charge in [-0.15, -0.1) is 35.2 Å². The maximum absolute atomic E-state index is 4.78. The molecule has 0 N–H and O–H groups in total. The summed E-state index contributed by atoms with van der Waals surface area (Å²) < 4.78 is 2.27. The van der Waals surface area contributed by atoms with Crippen molar-refractivity contribution in [2.45, 2.75) is 25.8 Å². The van der Waals surface area contributed by atoms with E-state index in [0.29, 0.717) is 0 Å². The Morgan fingerprint density at radius 3 is 2.33 bits per heavy atom. The molecule has 4 nitrogen and oxygen atoms in total. The predicted molar refractivity (Wildman–Crippen MR) is 159 cm³/mol. The van der Waals surface area contributed by atoms with Crippen LogP contribution in [0.4, 0.5) is 5.69 Å². The van der Waals surface area contributed by atoms with E-state index in [-0.39, 0.29) is 32.4 Å². The van der Waals surface area contributed by atoms with Crippen molar-refractivity contribution in [1.29, 1.82) is 0 Å². The van der Waals surface area contributed by atoms with Crippen molar-refractivity contribution in [2.24, 2.45) is 0 Å². The Morgan fingerprint density at radius 1 is 0.775 bits per heavy atom. The molecule has 0 bridgehead atoms. The number of nitrogens with zero attached hydrogens (tertiary/aromatic N) is 4. The second kappa shape index (κ2) is 10.9. The van der Waals surface area contributed by atoms with Gasteiger partial charge in [-0.2, -0.15) is 24.3 Å². The molecule has 7 rings (SSSR count). The second-order valence-corrected chi connectivity index (χ2v) is 10.0. The summed E-state index contributed by atoms with van der Waals surface area (Å²) in [4.78, 5) is 4.75. The van der Waals surface area contributed by atoms with Crippen molar-refractivity contribution in [3.05, 3.63) is 155 Å². The van der Waals surface area contributed by atoms with Crippen molar-refractivity contribution in [3.63, 3.8) is 0 Å². The number of rotatable bonds is 5. The summed E-state index contributed by atoms with van der Waals surface area (Å²) in [6.07, 6.45) is 4.03. The normalized spacial score (nSPS) is 15.7. The van der Waals surface area contributed by atoms with Gasteiger partial charge in [0.15, 0.2) is 0 Å². The first-order chi connectivity index (χ1) is 19.2. The summed E-state index contributed by atoms with van der Waals surface area (Å²) in [6.45, 7) is 4.19. The van der Waals surface area contributed by atoms with Gasteiger partial charge in [-0.3, -0.25) is 4.98 Å². The van der Waals surface area contributed by atoms with Crippen molar-refractivity contribution in [2.75, 3.05) is 5.01 Å². The molecule has 0 saturated heterocycles. The van der Waals surface area contributed by atoms with Crippen LogP contribution < -0.4 is 5.01 Å². The van der Waals surface area contributed by atoms with Gasteiger partial charge in [-0.25, -0.2) is 0 Å². The third kappa shape index (κ3) is 4.57. The minimum absolute atomic E-state index is 0. The van der Waals surface area contributed by atoms with Crippen molar-refractivity contribution >= 4 is 27.5 Å². The largest absolute Gasteiger partial charge is 0.559 e. The summed E-state index contributed by atoms with van der Waals surface area (Å²) in [5, 5.41) is 4.35. The van der Waals surface area contributed by atoms with Crippen LogP contribution in [-0.4, -0.2) is 15.6 Å². The van der Waals surface area contributed by atoms with Crippen LogP contribution in [0, 0.1) is 12.1 Å². The van der Waals surface area contributed by atoms with Gasteiger partial charge in [0, 0.05) is 38.1 Å². The van der Waals surface area contributed by atoms with E-state index in [4.69, 9.17) is 10.4 Å². The van der Waals surface area contributed by atoms with Gasteiger partial charge in [-0.05, 0) is 41.8 Å². The van der Waals surface area contributed by atoms with Crippen LogP contribution in [-0.2, 0) is 20.4 Å². The van der Waals surface area contributed by atoms with Crippen LogP contribution in [0.1, 0.15) is 36.6 Å². The third-order valence-electron chi connectivity index (χ3n) is 7.38. The van der Waals surface area contributed by atoms with E-state index < -0.39 is 0 Å². The Bertz CT molecular complexity index is 1790. The summed E-state index contributed by atoms with van der Waals surface area (Å²) in [6, 6.07) is 43.6. The number of allylic oxidation sites excluding steroid dienone is 1. The quantitative estimate of drug-likeness (QED) is 0.145. The molecule has 40 heavy (non-hydrogen) atoms. The SMILES string of the molecule is CC1=CC(C)[N-]N1c1[c-]c(-n2c3[c-]c(C(c4ccccc4)c4ccccn4)ccc3c3ccccc32)ccc1.[Pd]. The number of anilines is 1. The number of fused-ring (bicyclic) bond motifs is 3. The van der Waals surface area contributed by atoms with Crippen molar-refractivity contribution < 1.29 is 20.4 Å². The fourth-order valence-electron chi connectivity index (χ4n) is 5.71. The van der Waals surface area contributed by atoms with Gasteiger partial charge in [0.2, 0.25) is 0 Å². The second-order valence-electron chi connectivity index (χ2n) is 10.0. The van der Waals surface area contributed by atoms with Gasteiger partial charge in [0.25, 0.3) is 0 Å². The van der Waals surface area contributed by atoms with Crippen LogP contribution in [0.2, 0.25) is 0 Å². The topological polar surface area (TPSA) is 35.2 Å². The minimum atomic E-state index is -0.0312. The third-order valence-corrected chi connectivity index (χ3v) is 7.38. The number of benzene rings is 4. The van der Waals surface area contributed by atoms with E-state index in [0.717, 1.165) is 44.7 Å². The first kappa shape index (κ1) is 26.2. The molecule has 6 aromatic rings. The summed E-state index contributed by atoms with van der Waals surface area (Å²) in [7, 11) is 0. The molecular formula is C35H27N4Pd-3. The van der Waals surface area contributed by atoms with E-state index in [1.165, 1.54) is 10.9 Å². The molecular weight excluding hydrogens is 583 g/mol. The van der Waals surface area contributed by atoms with Gasteiger partial charge in [0.1, 0.15) is 0 Å². The van der Waals surface area contributed by atoms with Crippen molar-refractivity contribution in [1.82, 2.24) is 9.55 Å². The number of hydrogen-bond donors (Lipinski definition) is 0. The average Bonchev–Trinajstić information content (AvgIpc) is 3.50. The molecule has 1 aliphatic rings. The maximum atomic E-state index is 4.78. The molecule has 2 atom stereocenters. The van der Waals surface area contributed by atoms with Crippen molar-refractivity contribution in [3.8, 4) is 5.69 Å². The van der Waals surface area contributed by atoms with Gasteiger partial charge in [-0.1, -0.05) is 84.5 Å². The predicted octanol–water partition coefficient (Wildman–Crippen LogP) is 8.36. The molecule has 2 unspecified atom stereocenters. The number of aromatic nitrogens is 2. The standard InChI is InChI=1S/C35H27N4.Pd/c1-24-21-25(2)39(37-24)29-14-10-13-28(23-29)38-33-17-7-6-15-30(33)31-19-18-27(22-34(31)38)35(26-11-4-3-5-12-26)32-16-8-9-20-36-32;/h3-21,24,35H,1-2H3;/q-3;. The zero-order valence-electron chi connectivity index (χ0n) is 22.2. The molecule has 5 heteroatoms. The fourth-order valence-corrected chi connectivity index (χ4v) is 5.71. The molecule has 0 saturated carbocycles. The first-order valence-electron chi connectivity index (χ1n) is 13.3. The molecule has 2 aromatic heterocycles. The maximum Gasteiger partial charge on any atom is 0.0501 e. The smallest absolute Gasteiger partial charge is 0.0501 e. The fraction of sp³-hybridized carbons (Fsp3) is 0.114. The molecule has 0 spiro atoms. The average molecular weight is 610 g/mol. The van der Waals surface area contributed by atoms with Gasteiger partial charge >= 0.3 is 0 Å². The van der Waals surface area contributed by atoms with Crippen LogP contribution in [0.3, 0.4) is 0 Å². The van der Waals surface area contributed by atoms with Crippen LogP contribution in [0.15, 0.2) is 121 Å². The molecule has 0 aliphatic carbocycles. The minimum Gasteiger partial charge on any atom is -0.559 e. The zero-order valence-corrected chi connectivity index (χ0v) is 23.8. The zero-order chi connectivity index (χ0) is 26.3. The Kier molecular flexibility index (Phi) is 7.13. The Labute approximate surface area is 248 Å². The molecule has 0 fully saturated rings. The van der Waals surface area contributed by atoms with E-state index >= 15 is 0 Å². The van der Waals surface area contributed by atoms with E-state index in [1.54, 1.807) is 0 Å². The molecule has 0 amide bonds. The first-order valence-corrected chi connectivity index (χ1v) is 13.3. The monoisotopic (exact) mass is 609 g/mol.